The molecule has 0 aliphatic rings. The molecule has 0 bridgehead atoms. The van der Waals surface area contributed by atoms with Gasteiger partial charge < -0.3 is 10.3 Å². The average molecular weight is 361 g/mol. The maximum atomic E-state index is 13.2. The first kappa shape index (κ1) is 16.8. The summed E-state index contributed by atoms with van der Waals surface area (Å²) < 4.78 is 4.26. The van der Waals surface area contributed by atoms with Crippen molar-refractivity contribution in [2.75, 3.05) is 5.73 Å². The number of rotatable bonds is 4. The lowest BCUT2D eigenvalue weighted by Gasteiger charge is -2.10. The smallest absolute Gasteiger partial charge is 0.332 e. The molecule has 0 unspecified atom stereocenters. The van der Waals surface area contributed by atoms with Gasteiger partial charge >= 0.3 is 5.69 Å². The Morgan fingerprint density at radius 2 is 1.37 bits per heavy atom. The largest absolute Gasteiger partial charge is 0.369 e. The summed E-state index contributed by atoms with van der Waals surface area (Å²) in [5.41, 5.74) is 7.76. The van der Waals surface area contributed by atoms with E-state index in [9.17, 15) is 9.59 Å². The van der Waals surface area contributed by atoms with E-state index in [1.54, 1.807) is 11.6 Å². The van der Waals surface area contributed by atoms with Crippen molar-refractivity contribution in [2.24, 2.45) is 7.05 Å². The van der Waals surface area contributed by atoms with E-state index in [1.807, 2.05) is 60.7 Å². The Morgan fingerprint density at radius 1 is 0.852 bits per heavy atom. The first-order chi connectivity index (χ1) is 13.1. The third-order valence-electron chi connectivity index (χ3n) is 4.63. The number of nitrogens with zero attached hydrogens (tertiary/aromatic N) is 4. The van der Waals surface area contributed by atoms with Gasteiger partial charge in [0.1, 0.15) is 0 Å². The van der Waals surface area contributed by atoms with E-state index >= 15 is 0 Å². The molecule has 0 spiro atoms. The molecule has 0 aliphatic carbocycles. The molecule has 0 amide bonds. The summed E-state index contributed by atoms with van der Waals surface area (Å²) in [6.45, 7) is 0.598. The van der Waals surface area contributed by atoms with Crippen molar-refractivity contribution < 1.29 is 0 Å². The van der Waals surface area contributed by atoms with Gasteiger partial charge in [0.15, 0.2) is 11.2 Å². The normalized spacial score (nSPS) is 11.1. The third kappa shape index (κ3) is 2.93. The Labute approximate surface area is 154 Å². The number of anilines is 1. The van der Waals surface area contributed by atoms with Crippen LogP contribution in [0.3, 0.4) is 0 Å². The molecular formula is C20H19N5O2. The number of nitrogens with two attached hydrogens (primary N) is 1. The van der Waals surface area contributed by atoms with Crippen molar-refractivity contribution in [3.63, 3.8) is 0 Å². The lowest BCUT2D eigenvalue weighted by molar-refractivity contribution is 0.653. The van der Waals surface area contributed by atoms with E-state index in [1.165, 1.54) is 9.13 Å². The van der Waals surface area contributed by atoms with Gasteiger partial charge in [0, 0.05) is 7.05 Å². The summed E-state index contributed by atoms with van der Waals surface area (Å²) in [5, 5.41) is 0. The summed E-state index contributed by atoms with van der Waals surface area (Å²) in [6, 6.07) is 19.1. The van der Waals surface area contributed by atoms with Crippen LogP contribution in [0.4, 0.5) is 5.95 Å². The number of fused-ring (bicyclic) bond motifs is 1. The predicted octanol–water partition coefficient (Wildman–Crippen LogP) is 1.58. The van der Waals surface area contributed by atoms with Gasteiger partial charge in [0.2, 0.25) is 5.95 Å². The summed E-state index contributed by atoms with van der Waals surface area (Å²) >= 11 is 0. The monoisotopic (exact) mass is 361 g/mol. The third-order valence-corrected chi connectivity index (χ3v) is 4.63. The number of hydrogen-bond donors (Lipinski definition) is 1. The van der Waals surface area contributed by atoms with Crippen LogP contribution in [0.2, 0.25) is 0 Å². The number of hydrogen-bond acceptors (Lipinski definition) is 4. The van der Waals surface area contributed by atoms with E-state index in [0.717, 1.165) is 11.1 Å². The molecule has 0 atom stereocenters. The molecular weight excluding hydrogens is 342 g/mol. The molecule has 0 radical (unpaired) electrons. The van der Waals surface area contributed by atoms with Crippen LogP contribution in [-0.2, 0) is 20.1 Å². The highest BCUT2D eigenvalue weighted by Crippen LogP contribution is 2.15. The minimum atomic E-state index is -0.416. The van der Waals surface area contributed by atoms with Crippen LogP contribution in [0, 0.1) is 0 Å². The summed E-state index contributed by atoms with van der Waals surface area (Å²) in [5.74, 6) is 0.207. The Morgan fingerprint density at radius 3 is 1.93 bits per heavy atom. The Bertz CT molecular complexity index is 1220. The fourth-order valence-electron chi connectivity index (χ4n) is 3.22. The minimum Gasteiger partial charge on any atom is -0.369 e. The number of aryl methyl sites for hydroxylation is 1. The highest BCUT2D eigenvalue weighted by atomic mass is 16.2. The topological polar surface area (TPSA) is 87.8 Å². The second-order valence-electron chi connectivity index (χ2n) is 6.43. The van der Waals surface area contributed by atoms with Crippen LogP contribution in [0.1, 0.15) is 11.1 Å². The van der Waals surface area contributed by atoms with Crippen molar-refractivity contribution in [3.8, 4) is 0 Å². The van der Waals surface area contributed by atoms with Gasteiger partial charge in [-0.2, -0.15) is 4.98 Å². The molecule has 7 heteroatoms. The number of imidazole rings is 1. The first-order valence-electron chi connectivity index (χ1n) is 8.59. The second-order valence-corrected chi connectivity index (χ2v) is 6.43. The Balaban J connectivity index is 1.92. The summed E-state index contributed by atoms with van der Waals surface area (Å²) in [7, 11) is 1.60. The van der Waals surface area contributed by atoms with Crippen LogP contribution in [0.25, 0.3) is 11.2 Å². The van der Waals surface area contributed by atoms with Crippen molar-refractivity contribution in [1.29, 1.82) is 0 Å². The van der Waals surface area contributed by atoms with Gasteiger partial charge in [-0.25, -0.2) is 4.79 Å². The van der Waals surface area contributed by atoms with E-state index in [4.69, 9.17) is 5.73 Å². The maximum absolute atomic E-state index is 13.2. The highest BCUT2D eigenvalue weighted by Gasteiger charge is 2.19. The van der Waals surface area contributed by atoms with Crippen LogP contribution < -0.4 is 17.0 Å². The minimum absolute atomic E-state index is 0.193. The molecule has 27 heavy (non-hydrogen) atoms. The van der Waals surface area contributed by atoms with E-state index in [0.29, 0.717) is 17.7 Å². The first-order valence-corrected chi connectivity index (χ1v) is 8.59. The van der Waals surface area contributed by atoms with Crippen molar-refractivity contribution in [2.45, 2.75) is 13.1 Å². The van der Waals surface area contributed by atoms with Gasteiger partial charge in [0.25, 0.3) is 5.56 Å². The summed E-state index contributed by atoms with van der Waals surface area (Å²) in [6.07, 6.45) is 0. The Hall–Kier alpha value is -3.61. The molecule has 2 N–H and O–H groups in total. The fraction of sp³-hybridized carbons (Fsp3) is 0.150. The van der Waals surface area contributed by atoms with Gasteiger partial charge in [-0.3, -0.25) is 13.9 Å². The zero-order valence-corrected chi connectivity index (χ0v) is 14.9. The van der Waals surface area contributed by atoms with Gasteiger partial charge in [-0.1, -0.05) is 60.7 Å². The summed E-state index contributed by atoms with van der Waals surface area (Å²) in [4.78, 5) is 30.2. The molecule has 2 aromatic heterocycles. The quantitative estimate of drug-likeness (QED) is 0.598. The fourth-order valence-corrected chi connectivity index (χ4v) is 3.22. The molecule has 2 heterocycles. The molecule has 4 aromatic rings. The van der Waals surface area contributed by atoms with E-state index < -0.39 is 11.2 Å². The molecule has 0 saturated carbocycles. The molecule has 136 valence electrons. The molecule has 4 rings (SSSR count). The number of nitrogen functional groups attached to an aromatic ring is 1. The molecule has 0 fully saturated rings. The Kier molecular flexibility index (Phi) is 4.12. The van der Waals surface area contributed by atoms with Crippen LogP contribution in [-0.4, -0.2) is 18.7 Å². The highest BCUT2D eigenvalue weighted by molar-refractivity contribution is 5.74. The van der Waals surface area contributed by atoms with Crippen molar-refractivity contribution >= 4 is 17.1 Å². The maximum Gasteiger partial charge on any atom is 0.332 e. The van der Waals surface area contributed by atoms with Gasteiger partial charge in [-0.15, -0.1) is 0 Å². The zero-order valence-electron chi connectivity index (χ0n) is 14.9. The molecule has 2 aromatic carbocycles. The predicted molar refractivity (Wildman–Crippen MR) is 105 cm³/mol. The van der Waals surface area contributed by atoms with Crippen LogP contribution >= 0.6 is 0 Å². The second kappa shape index (κ2) is 6.60. The number of benzene rings is 2. The molecule has 7 nitrogen and oxygen atoms in total. The van der Waals surface area contributed by atoms with Crippen LogP contribution in [0.15, 0.2) is 70.3 Å². The van der Waals surface area contributed by atoms with E-state index in [-0.39, 0.29) is 12.5 Å². The van der Waals surface area contributed by atoms with Gasteiger partial charge in [0.05, 0.1) is 13.1 Å². The molecule has 0 aliphatic heterocycles. The molecule has 0 saturated heterocycles. The van der Waals surface area contributed by atoms with E-state index in [2.05, 4.69) is 4.98 Å². The number of aromatic nitrogens is 4. The average Bonchev–Trinajstić information content (AvgIpc) is 3.02. The SMILES string of the molecule is Cn1c(=O)n(Cc2ccccc2)c(=O)c2c1nc(N)n2Cc1ccccc1. The standard InChI is InChI=1S/C20H19N5O2/c1-23-17-16(24(19(21)22-17)12-14-8-4-2-5-9-14)18(26)25(20(23)27)13-15-10-6-3-7-11-15/h2-11H,12-13H2,1H3,(H2,21,22). The van der Waals surface area contributed by atoms with Crippen LogP contribution in [0.5, 0.6) is 0 Å². The van der Waals surface area contributed by atoms with Crippen molar-refractivity contribution in [1.82, 2.24) is 18.7 Å². The zero-order chi connectivity index (χ0) is 19.0. The van der Waals surface area contributed by atoms with Crippen molar-refractivity contribution in [3.05, 3.63) is 92.6 Å². The van der Waals surface area contributed by atoms with Gasteiger partial charge in [-0.05, 0) is 11.1 Å². The lowest BCUT2D eigenvalue weighted by Crippen LogP contribution is -2.40. The lowest BCUT2D eigenvalue weighted by atomic mass is 10.2.